The van der Waals surface area contributed by atoms with Gasteiger partial charge in [-0.3, -0.25) is 0 Å². The average molecular weight is 425 g/mol. The first-order valence-electron chi connectivity index (χ1n) is 10.7. The van der Waals surface area contributed by atoms with Crippen molar-refractivity contribution in [3.8, 4) is 0 Å². The van der Waals surface area contributed by atoms with Gasteiger partial charge in [0.2, 0.25) is 5.95 Å². The average Bonchev–Trinajstić information content (AvgIpc) is 3.06. The fourth-order valence-corrected chi connectivity index (χ4v) is 3.91. The maximum absolute atomic E-state index is 14.3. The van der Waals surface area contributed by atoms with Crippen LogP contribution < -0.4 is 5.32 Å². The molecular formula is C24H29FN4O2. The smallest absolute Gasteiger partial charge is 0.410 e. The van der Waals surface area contributed by atoms with Gasteiger partial charge in [-0.15, -0.1) is 0 Å². The van der Waals surface area contributed by atoms with E-state index < -0.39 is 5.60 Å². The Morgan fingerprint density at radius 1 is 1.19 bits per heavy atom. The Kier molecular flexibility index (Phi) is 5.85. The third kappa shape index (κ3) is 4.98. The molecule has 6 nitrogen and oxygen atoms in total. The molecule has 0 unspecified atom stereocenters. The fourth-order valence-electron chi connectivity index (χ4n) is 3.91. The van der Waals surface area contributed by atoms with E-state index in [1.165, 1.54) is 6.07 Å². The van der Waals surface area contributed by atoms with Gasteiger partial charge in [0.15, 0.2) is 0 Å². The zero-order valence-electron chi connectivity index (χ0n) is 18.3. The zero-order valence-corrected chi connectivity index (χ0v) is 18.3. The highest BCUT2D eigenvalue weighted by Gasteiger charge is 2.28. The van der Waals surface area contributed by atoms with Gasteiger partial charge < -0.3 is 19.5 Å². The molecule has 3 aromatic rings. The molecule has 1 fully saturated rings. The normalized spacial score (nSPS) is 17.0. The number of ether oxygens (including phenoxy) is 1. The SMILES string of the molecule is CC(C)(C)OC(=O)N1CCC[C@@H](Nc2nc3ccccc3n2Cc2ccccc2F)C1. The second-order valence-electron chi connectivity index (χ2n) is 9.01. The van der Waals surface area contributed by atoms with Crippen LogP contribution in [-0.2, 0) is 11.3 Å². The van der Waals surface area contributed by atoms with Crippen molar-refractivity contribution in [2.24, 2.45) is 0 Å². The number of nitrogens with zero attached hydrogens (tertiary/aromatic N) is 3. The number of fused-ring (bicyclic) bond motifs is 1. The van der Waals surface area contributed by atoms with Gasteiger partial charge in [-0.1, -0.05) is 30.3 Å². The molecule has 1 N–H and O–H groups in total. The maximum atomic E-state index is 14.3. The summed E-state index contributed by atoms with van der Waals surface area (Å²) in [4.78, 5) is 19.0. The molecule has 164 valence electrons. The minimum absolute atomic E-state index is 0.0393. The molecule has 31 heavy (non-hydrogen) atoms. The van der Waals surface area contributed by atoms with E-state index in [0.29, 0.717) is 31.1 Å². The summed E-state index contributed by atoms with van der Waals surface area (Å²) in [6, 6.07) is 14.7. The van der Waals surface area contributed by atoms with Crippen LogP contribution in [0.5, 0.6) is 0 Å². The highest BCUT2D eigenvalue weighted by Crippen LogP contribution is 2.24. The summed E-state index contributed by atoms with van der Waals surface area (Å²) in [7, 11) is 0. The number of benzene rings is 2. The number of aromatic nitrogens is 2. The van der Waals surface area contributed by atoms with E-state index in [2.05, 4.69) is 5.32 Å². The number of halogens is 1. The van der Waals surface area contributed by atoms with Crippen molar-refractivity contribution in [3.63, 3.8) is 0 Å². The number of piperidine rings is 1. The number of hydrogen-bond acceptors (Lipinski definition) is 4. The summed E-state index contributed by atoms with van der Waals surface area (Å²) in [6.07, 6.45) is 1.51. The lowest BCUT2D eigenvalue weighted by Gasteiger charge is -2.34. The Balaban J connectivity index is 1.57. The first-order valence-corrected chi connectivity index (χ1v) is 10.7. The molecular weight excluding hydrogens is 395 g/mol. The molecule has 1 saturated heterocycles. The predicted molar refractivity (Wildman–Crippen MR) is 120 cm³/mol. The van der Waals surface area contributed by atoms with E-state index in [1.54, 1.807) is 17.0 Å². The first kappa shape index (κ1) is 21.2. The largest absolute Gasteiger partial charge is 0.444 e. The molecule has 0 aliphatic carbocycles. The Labute approximate surface area is 182 Å². The molecule has 2 aromatic carbocycles. The third-order valence-corrected chi connectivity index (χ3v) is 5.35. The standard InChI is InChI=1S/C24H29FN4O2/c1-24(2,3)31-23(30)28-14-8-10-18(16-28)26-22-27-20-12-6-7-13-21(20)29(22)15-17-9-4-5-11-19(17)25/h4-7,9,11-13,18H,8,10,14-16H2,1-3H3,(H,26,27)/t18-/m1/s1. The van der Waals surface area contributed by atoms with E-state index in [0.717, 1.165) is 23.9 Å². The molecule has 0 saturated carbocycles. The highest BCUT2D eigenvalue weighted by molar-refractivity contribution is 5.79. The van der Waals surface area contributed by atoms with Crippen LogP contribution >= 0.6 is 0 Å². The number of imidazole rings is 1. The number of likely N-dealkylation sites (tertiary alicyclic amines) is 1. The predicted octanol–water partition coefficient (Wildman–Crippen LogP) is 5.04. The van der Waals surface area contributed by atoms with Crippen molar-refractivity contribution >= 4 is 23.1 Å². The van der Waals surface area contributed by atoms with Crippen LogP contribution in [0.15, 0.2) is 48.5 Å². The lowest BCUT2D eigenvalue weighted by molar-refractivity contribution is 0.0206. The molecule has 0 spiro atoms. The first-order chi connectivity index (χ1) is 14.8. The molecule has 2 heterocycles. The van der Waals surface area contributed by atoms with Crippen LogP contribution in [0.4, 0.5) is 15.1 Å². The Bertz CT molecular complexity index is 1070. The lowest BCUT2D eigenvalue weighted by atomic mass is 10.1. The van der Waals surface area contributed by atoms with Crippen molar-refractivity contribution in [1.29, 1.82) is 0 Å². The third-order valence-electron chi connectivity index (χ3n) is 5.35. The van der Waals surface area contributed by atoms with Gasteiger partial charge >= 0.3 is 6.09 Å². The maximum Gasteiger partial charge on any atom is 0.410 e. The van der Waals surface area contributed by atoms with Gasteiger partial charge in [0.1, 0.15) is 11.4 Å². The zero-order chi connectivity index (χ0) is 22.0. The Morgan fingerprint density at radius 3 is 2.71 bits per heavy atom. The number of carbonyl (C=O) groups excluding carboxylic acids is 1. The summed E-state index contributed by atoms with van der Waals surface area (Å²) in [5, 5.41) is 3.51. The molecule has 0 radical (unpaired) electrons. The molecule has 1 aliphatic rings. The molecule has 1 atom stereocenters. The van der Waals surface area contributed by atoms with Crippen LogP contribution in [0.3, 0.4) is 0 Å². The molecule has 0 bridgehead atoms. The fraction of sp³-hybridized carbons (Fsp3) is 0.417. The highest BCUT2D eigenvalue weighted by atomic mass is 19.1. The van der Waals surface area contributed by atoms with Crippen molar-refractivity contribution < 1.29 is 13.9 Å². The van der Waals surface area contributed by atoms with Crippen LogP contribution in [0.1, 0.15) is 39.2 Å². The topological polar surface area (TPSA) is 59.4 Å². The van der Waals surface area contributed by atoms with Gasteiger partial charge in [-0.2, -0.15) is 0 Å². The molecule has 1 aliphatic heterocycles. The number of anilines is 1. The quantitative estimate of drug-likeness (QED) is 0.638. The van der Waals surface area contributed by atoms with E-state index in [4.69, 9.17) is 9.72 Å². The van der Waals surface area contributed by atoms with Gasteiger partial charge in [0, 0.05) is 24.7 Å². The van der Waals surface area contributed by atoms with E-state index in [9.17, 15) is 9.18 Å². The number of nitrogens with one attached hydrogen (secondary N) is 1. The monoisotopic (exact) mass is 424 g/mol. The molecule has 7 heteroatoms. The summed E-state index contributed by atoms with van der Waals surface area (Å²) < 4.78 is 21.9. The number of para-hydroxylation sites is 2. The summed E-state index contributed by atoms with van der Waals surface area (Å²) in [5.41, 5.74) is 1.87. The van der Waals surface area contributed by atoms with Crippen molar-refractivity contribution in [2.75, 3.05) is 18.4 Å². The van der Waals surface area contributed by atoms with Gasteiger partial charge in [-0.05, 0) is 51.8 Å². The van der Waals surface area contributed by atoms with E-state index >= 15 is 0 Å². The number of hydrogen-bond donors (Lipinski definition) is 1. The Morgan fingerprint density at radius 2 is 1.94 bits per heavy atom. The minimum atomic E-state index is -0.523. The van der Waals surface area contributed by atoms with Crippen LogP contribution in [0.2, 0.25) is 0 Å². The van der Waals surface area contributed by atoms with E-state index in [1.807, 2.05) is 55.7 Å². The van der Waals surface area contributed by atoms with Crippen molar-refractivity contribution in [2.45, 2.75) is 51.8 Å². The second-order valence-corrected chi connectivity index (χ2v) is 9.01. The number of rotatable bonds is 4. The molecule has 4 rings (SSSR count). The van der Waals surface area contributed by atoms with Crippen molar-refractivity contribution in [3.05, 3.63) is 59.9 Å². The summed E-state index contributed by atoms with van der Waals surface area (Å²) in [6.45, 7) is 7.20. The van der Waals surface area contributed by atoms with Crippen molar-refractivity contribution in [1.82, 2.24) is 14.5 Å². The van der Waals surface area contributed by atoms with Crippen LogP contribution in [0.25, 0.3) is 11.0 Å². The van der Waals surface area contributed by atoms with Crippen LogP contribution in [0, 0.1) is 5.82 Å². The van der Waals surface area contributed by atoms with Gasteiger partial charge in [-0.25, -0.2) is 14.2 Å². The minimum Gasteiger partial charge on any atom is -0.444 e. The summed E-state index contributed by atoms with van der Waals surface area (Å²) in [5.74, 6) is 0.445. The van der Waals surface area contributed by atoms with Gasteiger partial charge in [0.25, 0.3) is 0 Å². The lowest BCUT2D eigenvalue weighted by Crippen LogP contribution is -2.47. The van der Waals surface area contributed by atoms with E-state index in [-0.39, 0.29) is 18.0 Å². The van der Waals surface area contributed by atoms with Crippen LogP contribution in [-0.4, -0.2) is 45.3 Å². The molecule has 1 amide bonds. The number of amides is 1. The Hall–Kier alpha value is -3.09. The number of carbonyl (C=O) groups is 1. The molecule has 1 aromatic heterocycles. The second kappa shape index (κ2) is 8.57. The summed E-state index contributed by atoms with van der Waals surface area (Å²) >= 11 is 0. The van der Waals surface area contributed by atoms with Gasteiger partial charge in [0.05, 0.1) is 17.6 Å².